The van der Waals surface area contributed by atoms with E-state index < -0.39 is 5.41 Å². The van der Waals surface area contributed by atoms with Gasteiger partial charge in [-0.05, 0) is 26.0 Å². The fraction of sp³-hybridized carbons (Fsp3) is 0.417. The zero-order chi connectivity index (χ0) is 13.9. The number of nitrogens with two attached hydrogens (primary N) is 1. The lowest BCUT2D eigenvalue weighted by atomic mass is 9.92. The number of anilines is 2. The van der Waals surface area contributed by atoms with Gasteiger partial charge in [0.15, 0.2) is 0 Å². The fourth-order valence-electron chi connectivity index (χ4n) is 1.45. The maximum Gasteiger partial charge on any atom is 0.227 e. The number of nitrogen functional groups attached to an aromatic ring is 1. The second-order valence-electron chi connectivity index (χ2n) is 4.67. The quantitative estimate of drug-likeness (QED) is 0.747. The summed E-state index contributed by atoms with van der Waals surface area (Å²) in [7, 11) is 1.61. The summed E-state index contributed by atoms with van der Waals surface area (Å²) in [4.78, 5) is 11.6. The van der Waals surface area contributed by atoms with Crippen LogP contribution in [-0.4, -0.2) is 19.5 Å². The van der Waals surface area contributed by atoms with Crippen LogP contribution in [0.4, 0.5) is 11.4 Å². The largest absolute Gasteiger partial charge is 0.397 e. The van der Waals surface area contributed by atoms with Gasteiger partial charge < -0.3 is 16.4 Å². The molecule has 1 rings (SSSR count). The van der Waals surface area contributed by atoms with Crippen LogP contribution in [0.25, 0.3) is 0 Å². The van der Waals surface area contributed by atoms with E-state index in [9.17, 15) is 4.79 Å². The van der Waals surface area contributed by atoms with Gasteiger partial charge in [-0.3, -0.25) is 4.79 Å². The monoisotopic (exact) mass is 289 g/mol. The molecule has 0 saturated heterocycles. The number of carbonyl (C=O) groups excluding carboxylic acids is 1. The first-order valence-electron chi connectivity index (χ1n) is 5.48. The Hall–Kier alpha value is -1.13. The van der Waals surface area contributed by atoms with Crippen LogP contribution in [0.5, 0.6) is 0 Å². The van der Waals surface area contributed by atoms with E-state index in [1.807, 2.05) is 13.8 Å². The maximum absolute atomic E-state index is 11.6. The molecule has 0 fully saturated rings. The van der Waals surface area contributed by atoms with Gasteiger partial charge in [0.2, 0.25) is 5.91 Å². The van der Waals surface area contributed by atoms with Gasteiger partial charge in [0, 0.05) is 13.6 Å². The first kappa shape index (κ1) is 14.9. The highest BCUT2D eigenvalue weighted by molar-refractivity contribution is 6.42. The van der Waals surface area contributed by atoms with E-state index in [0.29, 0.717) is 28.0 Å². The molecular weight excluding hydrogens is 273 g/mol. The molecule has 0 aromatic heterocycles. The van der Waals surface area contributed by atoms with Crippen molar-refractivity contribution in [1.82, 2.24) is 5.32 Å². The van der Waals surface area contributed by atoms with Crippen molar-refractivity contribution in [2.24, 2.45) is 5.41 Å². The Morgan fingerprint density at radius 3 is 2.44 bits per heavy atom. The number of benzene rings is 1. The van der Waals surface area contributed by atoms with Gasteiger partial charge in [-0.1, -0.05) is 23.2 Å². The van der Waals surface area contributed by atoms with E-state index in [2.05, 4.69) is 10.6 Å². The molecule has 4 nitrogen and oxygen atoms in total. The number of amides is 1. The molecule has 0 atom stereocenters. The molecular formula is C12H17Cl2N3O. The molecule has 0 aliphatic rings. The molecule has 18 heavy (non-hydrogen) atoms. The lowest BCUT2D eigenvalue weighted by Crippen LogP contribution is -2.39. The van der Waals surface area contributed by atoms with Crippen molar-refractivity contribution in [2.75, 3.05) is 24.6 Å². The van der Waals surface area contributed by atoms with Gasteiger partial charge >= 0.3 is 0 Å². The van der Waals surface area contributed by atoms with Crippen LogP contribution in [0.15, 0.2) is 12.1 Å². The van der Waals surface area contributed by atoms with Crippen LogP contribution in [0, 0.1) is 5.41 Å². The van der Waals surface area contributed by atoms with Crippen molar-refractivity contribution >= 4 is 40.5 Å². The Bertz CT molecular complexity index is 461. The Kier molecular flexibility index (Phi) is 4.71. The van der Waals surface area contributed by atoms with E-state index in [4.69, 9.17) is 28.9 Å². The number of hydrogen-bond acceptors (Lipinski definition) is 3. The summed E-state index contributed by atoms with van der Waals surface area (Å²) in [5.74, 6) is -0.0476. The topological polar surface area (TPSA) is 67.2 Å². The van der Waals surface area contributed by atoms with Gasteiger partial charge in [-0.25, -0.2) is 0 Å². The molecule has 0 bridgehead atoms. The zero-order valence-electron chi connectivity index (χ0n) is 10.6. The number of rotatable bonds is 4. The third-order valence-corrected chi connectivity index (χ3v) is 3.38. The number of hydrogen-bond donors (Lipinski definition) is 3. The second kappa shape index (κ2) is 5.67. The molecule has 1 aromatic rings. The van der Waals surface area contributed by atoms with E-state index >= 15 is 0 Å². The summed E-state index contributed by atoms with van der Waals surface area (Å²) in [5, 5.41) is 6.56. The lowest BCUT2D eigenvalue weighted by molar-refractivity contribution is -0.128. The molecule has 0 radical (unpaired) electrons. The van der Waals surface area contributed by atoms with Crippen molar-refractivity contribution in [3.05, 3.63) is 22.2 Å². The summed E-state index contributed by atoms with van der Waals surface area (Å²) in [6.07, 6.45) is 0. The molecule has 0 unspecified atom stereocenters. The standard InChI is InChI=1S/C12H17Cl2N3O/c1-12(2,11(18)16-3)6-17-10-5-8(14)7(13)4-9(10)15/h4-5,17H,6,15H2,1-3H3,(H,16,18). The van der Waals surface area contributed by atoms with E-state index in [0.717, 1.165) is 0 Å². The van der Waals surface area contributed by atoms with E-state index in [1.54, 1.807) is 19.2 Å². The molecule has 4 N–H and O–H groups in total. The van der Waals surface area contributed by atoms with E-state index in [-0.39, 0.29) is 5.91 Å². The highest BCUT2D eigenvalue weighted by atomic mass is 35.5. The molecule has 0 heterocycles. The molecule has 0 aliphatic carbocycles. The predicted molar refractivity (Wildman–Crippen MR) is 77.2 cm³/mol. The maximum atomic E-state index is 11.6. The summed E-state index contributed by atoms with van der Waals surface area (Å²) < 4.78 is 0. The molecule has 100 valence electrons. The summed E-state index contributed by atoms with van der Waals surface area (Å²) in [6, 6.07) is 3.23. The minimum absolute atomic E-state index is 0.0476. The van der Waals surface area contributed by atoms with E-state index in [1.165, 1.54) is 0 Å². The Morgan fingerprint density at radius 2 is 1.89 bits per heavy atom. The zero-order valence-corrected chi connectivity index (χ0v) is 12.1. The normalized spacial score (nSPS) is 11.2. The van der Waals surface area contributed by atoms with Crippen LogP contribution in [-0.2, 0) is 4.79 Å². The molecule has 6 heteroatoms. The summed E-state index contributed by atoms with van der Waals surface area (Å²) >= 11 is 11.8. The van der Waals surface area contributed by atoms with Crippen LogP contribution in [0.1, 0.15) is 13.8 Å². The van der Waals surface area contributed by atoms with Crippen molar-refractivity contribution in [3.63, 3.8) is 0 Å². The van der Waals surface area contributed by atoms with Gasteiger partial charge in [-0.2, -0.15) is 0 Å². The van der Waals surface area contributed by atoms with Gasteiger partial charge in [0.25, 0.3) is 0 Å². The first-order chi connectivity index (χ1) is 8.27. The Balaban J connectivity index is 2.81. The highest BCUT2D eigenvalue weighted by Crippen LogP contribution is 2.31. The van der Waals surface area contributed by atoms with Gasteiger partial charge in [-0.15, -0.1) is 0 Å². The lowest BCUT2D eigenvalue weighted by Gasteiger charge is -2.24. The molecule has 1 amide bonds. The van der Waals surface area contributed by atoms with Crippen LogP contribution < -0.4 is 16.4 Å². The van der Waals surface area contributed by atoms with Crippen molar-refractivity contribution in [1.29, 1.82) is 0 Å². The molecule has 0 spiro atoms. The van der Waals surface area contributed by atoms with Crippen molar-refractivity contribution in [2.45, 2.75) is 13.8 Å². The number of carbonyl (C=O) groups is 1. The second-order valence-corrected chi connectivity index (χ2v) is 5.48. The molecule has 0 saturated carbocycles. The third kappa shape index (κ3) is 3.43. The van der Waals surface area contributed by atoms with Crippen molar-refractivity contribution in [3.8, 4) is 0 Å². The average Bonchev–Trinajstić information content (AvgIpc) is 2.31. The fourth-order valence-corrected chi connectivity index (χ4v) is 1.79. The summed E-state index contributed by atoms with van der Waals surface area (Å²) in [5.41, 5.74) is 6.44. The third-order valence-electron chi connectivity index (χ3n) is 2.65. The number of halogens is 2. The summed E-state index contributed by atoms with van der Waals surface area (Å²) in [6.45, 7) is 4.12. The molecule has 0 aliphatic heterocycles. The van der Waals surface area contributed by atoms with Crippen LogP contribution in [0.2, 0.25) is 10.0 Å². The van der Waals surface area contributed by atoms with Gasteiger partial charge in [0.05, 0.1) is 26.8 Å². The van der Waals surface area contributed by atoms with Gasteiger partial charge in [0.1, 0.15) is 0 Å². The number of nitrogens with one attached hydrogen (secondary N) is 2. The SMILES string of the molecule is CNC(=O)C(C)(C)CNc1cc(Cl)c(Cl)cc1N. The molecule has 1 aromatic carbocycles. The predicted octanol–water partition coefficient (Wildman–Crippen LogP) is 2.76. The highest BCUT2D eigenvalue weighted by Gasteiger charge is 2.26. The minimum atomic E-state index is -0.548. The van der Waals surface area contributed by atoms with Crippen LogP contribution >= 0.6 is 23.2 Å². The first-order valence-corrected chi connectivity index (χ1v) is 6.24. The average molecular weight is 290 g/mol. The smallest absolute Gasteiger partial charge is 0.227 e. The Morgan fingerprint density at radius 1 is 1.33 bits per heavy atom. The Labute approximate surface area is 117 Å². The van der Waals surface area contributed by atoms with Crippen LogP contribution in [0.3, 0.4) is 0 Å². The minimum Gasteiger partial charge on any atom is -0.397 e. The van der Waals surface area contributed by atoms with Crippen molar-refractivity contribution < 1.29 is 4.79 Å².